The summed E-state index contributed by atoms with van der Waals surface area (Å²) in [6, 6.07) is 7.11. The molecule has 1 amide bonds. The molecule has 0 spiro atoms. The molecule has 1 fully saturated rings. The van der Waals surface area contributed by atoms with Gasteiger partial charge < -0.3 is 10.2 Å². The number of hydrogen-bond donors (Lipinski definition) is 1. The average Bonchev–Trinajstić information content (AvgIpc) is 2.47. The van der Waals surface area contributed by atoms with Crippen molar-refractivity contribution < 1.29 is 13.2 Å². The number of benzene rings is 1. The third-order valence-corrected chi connectivity index (χ3v) is 6.30. The van der Waals surface area contributed by atoms with E-state index in [1.807, 2.05) is 18.2 Å². The number of rotatable bonds is 4. The summed E-state index contributed by atoms with van der Waals surface area (Å²) in [4.78, 5) is 14.1. The van der Waals surface area contributed by atoms with Gasteiger partial charge in [-0.25, -0.2) is 8.42 Å². The molecular formula is C15H21ClN2O3S. The van der Waals surface area contributed by atoms with Crippen molar-refractivity contribution in [2.75, 3.05) is 25.4 Å². The number of carbonyl (C=O) groups is 1. The minimum atomic E-state index is -3.41. The van der Waals surface area contributed by atoms with E-state index in [9.17, 15) is 13.2 Å². The minimum Gasteiger partial charge on any atom is -0.332 e. The lowest BCUT2D eigenvalue weighted by molar-refractivity contribution is -0.131. The van der Waals surface area contributed by atoms with Gasteiger partial charge in [0.05, 0.1) is 11.3 Å². The summed E-state index contributed by atoms with van der Waals surface area (Å²) in [7, 11) is -3.41. The van der Waals surface area contributed by atoms with E-state index in [0.717, 1.165) is 5.56 Å². The van der Waals surface area contributed by atoms with Crippen LogP contribution >= 0.6 is 11.6 Å². The van der Waals surface area contributed by atoms with Crippen molar-refractivity contribution in [1.82, 2.24) is 10.2 Å². The lowest BCUT2D eigenvalue weighted by Gasteiger charge is -2.37. The molecule has 0 saturated carbocycles. The molecule has 0 radical (unpaired) electrons. The van der Waals surface area contributed by atoms with Crippen LogP contribution in [0.4, 0.5) is 0 Å². The van der Waals surface area contributed by atoms with Crippen molar-refractivity contribution in [2.24, 2.45) is 0 Å². The number of nitrogens with one attached hydrogen (secondary N) is 1. The maximum atomic E-state index is 12.5. The fourth-order valence-corrected chi connectivity index (χ4v) is 3.55. The van der Waals surface area contributed by atoms with Crippen LogP contribution in [0.1, 0.15) is 25.5 Å². The van der Waals surface area contributed by atoms with Crippen LogP contribution in [-0.2, 0) is 14.6 Å². The Morgan fingerprint density at radius 3 is 2.73 bits per heavy atom. The molecule has 1 aromatic rings. The predicted octanol–water partition coefficient (Wildman–Crippen LogP) is 1.64. The molecule has 1 N–H and O–H groups in total. The molecule has 1 saturated heterocycles. The Kier molecular flexibility index (Phi) is 5.47. The van der Waals surface area contributed by atoms with E-state index in [1.165, 1.54) is 0 Å². The molecule has 1 aromatic carbocycles. The molecule has 1 atom stereocenters. The first-order valence-corrected chi connectivity index (χ1v) is 9.38. The zero-order valence-corrected chi connectivity index (χ0v) is 14.3. The Bertz CT molecular complexity index is 646. The lowest BCUT2D eigenvalue weighted by Crippen LogP contribution is -2.50. The van der Waals surface area contributed by atoms with Gasteiger partial charge in [-0.2, -0.15) is 0 Å². The van der Waals surface area contributed by atoms with Crippen LogP contribution in [0, 0.1) is 0 Å². The van der Waals surface area contributed by atoms with Crippen LogP contribution in [0.15, 0.2) is 24.3 Å². The van der Waals surface area contributed by atoms with Crippen LogP contribution < -0.4 is 5.32 Å². The number of amides is 1. The zero-order chi connectivity index (χ0) is 16.3. The van der Waals surface area contributed by atoms with E-state index in [2.05, 4.69) is 5.32 Å². The first-order chi connectivity index (χ1) is 10.3. The average molecular weight is 345 g/mol. The summed E-state index contributed by atoms with van der Waals surface area (Å²) in [6.45, 7) is 4.87. The SMILES string of the molecule is CC(C)S(=O)(=O)CC(=O)N1CCNCC1c1ccccc1Cl. The Morgan fingerprint density at radius 1 is 1.41 bits per heavy atom. The van der Waals surface area contributed by atoms with Gasteiger partial charge in [0, 0.05) is 24.7 Å². The third kappa shape index (κ3) is 3.80. The second-order valence-electron chi connectivity index (χ2n) is 5.68. The van der Waals surface area contributed by atoms with Gasteiger partial charge in [0.1, 0.15) is 5.75 Å². The summed E-state index contributed by atoms with van der Waals surface area (Å²) in [6.07, 6.45) is 0. The van der Waals surface area contributed by atoms with E-state index in [4.69, 9.17) is 11.6 Å². The highest BCUT2D eigenvalue weighted by Gasteiger charge is 2.32. The van der Waals surface area contributed by atoms with E-state index in [1.54, 1.807) is 24.8 Å². The van der Waals surface area contributed by atoms with Gasteiger partial charge >= 0.3 is 0 Å². The molecule has 0 aliphatic carbocycles. The van der Waals surface area contributed by atoms with Gasteiger partial charge in [-0.1, -0.05) is 29.8 Å². The summed E-state index contributed by atoms with van der Waals surface area (Å²) in [5.41, 5.74) is 0.840. The second-order valence-corrected chi connectivity index (χ2v) is 8.65. The van der Waals surface area contributed by atoms with Gasteiger partial charge in [-0.05, 0) is 25.5 Å². The van der Waals surface area contributed by atoms with Crippen LogP contribution in [0.5, 0.6) is 0 Å². The maximum Gasteiger partial charge on any atom is 0.238 e. The monoisotopic (exact) mass is 344 g/mol. The molecule has 2 rings (SSSR count). The van der Waals surface area contributed by atoms with E-state index in [-0.39, 0.29) is 11.9 Å². The Morgan fingerprint density at radius 2 is 2.09 bits per heavy atom. The number of nitrogens with zero attached hydrogens (tertiary/aromatic N) is 1. The summed E-state index contributed by atoms with van der Waals surface area (Å²) >= 11 is 6.23. The molecule has 7 heteroatoms. The highest BCUT2D eigenvalue weighted by molar-refractivity contribution is 7.92. The van der Waals surface area contributed by atoms with Crippen molar-refractivity contribution in [1.29, 1.82) is 0 Å². The minimum absolute atomic E-state index is 0.239. The number of sulfone groups is 1. The van der Waals surface area contributed by atoms with Crippen LogP contribution in [0.2, 0.25) is 5.02 Å². The molecule has 122 valence electrons. The molecule has 0 bridgehead atoms. The molecule has 1 unspecified atom stereocenters. The highest BCUT2D eigenvalue weighted by Crippen LogP contribution is 2.28. The molecule has 0 aromatic heterocycles. The van der Waals surface area contributed by atoms with Crippen molar-refractivity contribution in [2.45, 2.75) is 25.1 Å². The lowest BCUT2D eigenvalue weighted by atomic mass is 10.0. The van der Waals surface area contributed by atoms with Crippen LogP contribution in [0.3, 0.4) is 0 Å². The number of halogens is 1. The topological polar surface area (TPSA) is 66.5 Å². The molecule has 1 aliphatic heterocycles. The fraction of sp³-hybridized carbons (Fsp3) is 0.533. The Balaban J connectivity index is 2.24. The summed E-state index contributed by atoms with van der Waals surface area (Å²) in [5, 5.41) is 3.26. The van der Waals surface area contributed by atoms with Crippen molar-refractivity contribution in [3.63, 3.8) is 0 Å². The molecule has 5 nitrogen and oxygen atoms in total. The molecule has 1 aliphatic rings. The zero-order valence-electron chi connectivity index (χ0n) is 12.8. The van der Waals surface area contributed by atoms with Crippen molar-refractivity contribution in [3.05, 3.63) is 34.9 Å². The van der Waals surface area contributed by atoms with E-state index in [0.29, 0.717) is 24.7 Å². The van der Waals surface area contributed by atoms with Gasteiger partial charge in [-0.3, -0.25) is 4.79 Å². The maximum absolute atomic E-state index is 12.5. The van der Waals surface area contributed by atoms with Crippen molar-refractivity contribution >= 4 is 27.3 Å². The third-order valence-electron chi connectivity index (χ3n) is 3.87. The first-order valence-electron chi connectivity index (χ1n) is 7.29. The van der Waals surface area contributed by atoms with Gasteiger partial charge in [0.15, 0.2) is 9.84 Å². The van der Waals surface area contributed by atoms with Crippen LogP contribution in [0.25, 0.3) is 0 Å². The highest BCUT2D eigenvalue weighted by atomic mass is 35.5. The summed E-state index contributed by atoms with van der Waals surface area (Å²) < 4.78 is 24.0. The Labute approximate surface area is 136 Å². The standard InChI is InChI=1S/C15H21ClN2O3S/c1-11(2)22(20,21)10-15(19)18-8-7-17-9-14(18)12-5-3-4-6-13(12)16/h3-6,11,14,17H,7-10H2,1-2H3. The first kappa shape index (κ1) is 17.2. The van der Waals surface area contributed by atoms with Gasteiger partial charge in [-0.15, -0.1) is 0 Å². The quantitative estimate of drug-likeness (QED) is 0.901. The second kappa shape index (κ2) is 6.98. The molecule has 22 heavy (non-hydrogen) atoms. The smallest absolute Gasteiger partial charge is 0.238 e. The van der Waals surface area contributed by atoms with Gasteiger partial charge in [0.25, 0.3) is 0 Å². The summed E-state index contributed by atoms with van der Waals surface area (Å²) in [5.74, 6) is -0.814. The predicted molar refractivity (Wildman–Crippen MR) is 87.7 cm³/mol. The van der Waals surface area contributed by atoms with Gasteiger partial charge in [0.2, 0.25) is 5.91 Å². The number of hydrogen-bond acceptors (Lipinski definition) is 4. The molecular weight excluding hydrogens is 324 g/mol. The van der Waals surface area contributed by atoms with Crippen LogP contribution in [-0.4, -0.2) is 49.9 Å². The Hall–Kier alpha value is -1.11. The fourth-order valence-electron chi connectivity index (χ4n) is 2.45. The van der Waals surface area contributed by atoms with E-state index < -0.39 is 20.8 Å². The molecule has 1 heterocycles. The number of piperazine rings is 1. The number of carbonyl (C=O) groups excluding carboxylic acids is 1. The van der Waals surface area contributed by atoms with E-state index >= 15 is 0 Å². The normalized spacial score (nSPS) is 19.5. The van der Waals surface area contributed by atoms with Crippen molar-refractivity contribution in [3.8, 4) is 0 Å². The largest absolute Gasteiger partial charge is 0.332 e.